The van der Waals surface area contributed by atoms with Crippen LogP contribution in [0.15, 0.2) is 69.9 Å². The van der Waals surface area contributed by atoms with Gasteiger partial charge in [-0.25, -0.2) is 0 Å². The summed E-state index contributed by atoms with van der Waals surface area (Å²) in [6.45, 7) is 4.28. The van der Waals surface area contributed by atoms with E-state index < -0.39 is 0 Å². The average Bonchev–Trinajstić information content (AvgIpc) is 2.78. The van der Waals surface area contributed by atoms with Gasteiger partial charge in [-0.05, 0) is 41.3 Å². The molecule has 0 atom stereocenters. The molecule has 0 saturated carbocycles. The highest BCUT2D eigenvalue weighted by atomic mass is 16.5. The molecule has 1 aromatic heterocycles. The molecule has 4 rings (SSSR count). The van der Waals surface area contributed by atoms with Crippen LogP contribution in [-0.4, -0.2) is 19.3 Å². The van der Waals surface area contributed by atoms with Gasteiger partial charge in [-0.3, -0.25) is 4.79 Å². The summed E-state index contributed by atoms with van der Waals surface area (Å²) in [6.07, 6.45) is 0. The maximum absolute atomic E-state index is 13.1. The van der Waals surface area contributed by atoms with Crippen molar-refractivity contribution in [2.75, 3.05) is 14.2 Å². The Hall–Kier alpha value is -3.73. The summed E-state index contributed by atoms with van der Waals surface area (Å²) in [5.74, 6) is 1.88. The quantitative estimate of drug-likeness (QED) is 0.434. The molecule has 0 unspecified atom stereocenters. The Morgan fingerprint density at radius 2 is 1.45 bits per heavy atom. The topological polar surface area (TPSA) is 68.9 Å². The molecule has 0 aliphatic heterocycles. The molecule has 0 aliphatic carbocycles. The first-order valence-corrected chi connectivity index (χ1v) is 10.1. The van der Waals surface area contributed by atoms with Gasteiger partial charge in [0.25, 0.3) is 0 Å². The van der Waals surface area contributed by atoms with Crippen LogP contribution in [0.5, 0.6) is 17.2 Å². The van der Waals surface area contributed by atoms with Crippen LogP contribution in [-0.2, 0) is 0 Å². The SMILES string of the molecule is COc1cc(OC)c2c(=O)cc(-c3ccc(O)cc3)oc2c1-c1ccc(C(C)C)cc1. The Morgan fingerprint density at radius 3 is 2.03 bits per heavy atom. The molecule has 1 N–H and O–H groups in total. The van der Waals surface area contributed by atoms with E-state index in [1.165, 1.54) is 18.7 Å². The lowest BCUT2D eigenvalue weighted by atomic mass is 9.96. The van der Waals surface area contributed by atoms with Crippen LogP contribution in [0.25, 0.3) is 33.4 Å². The van der Waals surface area contributed by atoms with E-state index in [4.69, 9.17) is 13.9 Å². The van der Waals surface area contributed by atoms with E-state index in [0.717, 1.165) is 5.56 Å². The van der Waals surface area contributed by atoms with Crippen molar-refractivity contribution in [1.29, 1.82) is 0 Å². The first kappa shape index (κ1) is 20.5. The van der Waals surface area contributed by atoms with Crippen molar-refractivity contribution in [1.82, 2.24) is 0 Å². The van der Waals surface area contributed by atoms with Gasteiger partial charge in [0.05, 0.1) is 19.8 Å². The Morgan fingerprint density at radius 1 is 0.839 bits per heavy atom. The fourth-order valence-corrected chi connectivity index (χ4v) is 3.68. The number of ether oxygens (including phenoxy) is 2. The number of hydrogen-bond acceptors (Lipinski definition) is 5. The lowest BCUT2D eigenvalue weighted by Gasteiger charge is -2.16. The van der Waals surface area contributed by atoms with E-state index in [1.54, 1.807) is 37.4 Å². The summed E-state index contributed by atoms with van der Waals surface area (Å²) >= 11 is 0. The molecule has 0 amide bonds. The van der Waals surface area contributed by atoms with Gasteiger partial charge >= 0.3 is 0 Å². The number of rotatable bonds is 5. The second-order valence-corrected chi connectivity index (χ2v) is 7.66. The van der Waals surface area contributed by atoms with Gasteiger partial charge in [0.1, 0.15) is 28.4 Å². The smallest absolute Gasteiger partial charge is 0.197 e. The molecule has 3 aromatic carbocycles. The summed E-state index contributed by atoms with van der Waals surface area (Å²) < 4.78 is 17.4. The van der Waals surface area contributed by atoms with E-state index in [1.807, 2.05) is 12.1 Å². The van der Waals surface area contributed by atoms with Gasteiger partial charge in [-0.1, -0.05) is 38.1 Å². The Kier molecular flexibility index (Phi) is 5.42. The molecule has 31 heavy (non-hydrogen) atoms. The van der Waals surface area contributed by atoms with Crippen LogP contribution in [0.2, 0.25) is 0 Å². The number of phenolic OH excluding ortho intramolecular Hbond substituents is 1. The highest BCUT2D eigenvalue weighted by Gasteiger charge is 2.21. The Balaban J connectivity index is 2.05. The predicted molar refractivity (Wildman–Crippen MR) is 122 cm³/mol. The van der Waals surface area contributed by atoms with Crippen molar-refractivity contribution in [2.45, 2.75) is 19.8 Å². The fraction of sp³-hybridized carbons (Fsp3) is 0.192. The minimum Gasteiger partial charge on any atom is -0.508 e. The minimum absolute atomic E-state index is 0.140. The maximum atomic E-state index is 13.1. The molecule has 0 radical (unpaired) electrons. The highest BCUT2D eigenvalue weighted by Crippen LogP contribution is 2.42. The van der Waals surface area contributed by atoms with Crippen molar-refractivity contribution in [3.8, 4) is 39.7 Å². The molecular weight excluding hydrogens is 392 g/mol. The summed E-state index contributed by atoms with van der Waals surface area (Å²) in [7, 11) is 3.09. The number of aromatic hydroxyl groups is 1. The molecule has 5 heteroatoms. The van der Waals surface area contributed by atoms with Crippen LogP contribution in [0.4, 0.5) is 0 Å². The van der Waals surface area contributed by atoms with Crippen molar-refractivity contribution in [3.05, 3.63) is 76.5 Å². The Labute approximate surface area is 180 Å². The van der Waals surface area contributed by atoms with Crippen LogP contribution in [0, 0.1) is 0 Å². The number of methoxy groups -OCH3 is 2. The standard InChI is InChI=1S/C26H24O5/c1-15(2)16-5-7-18(8-6-16)24-22(29-3)14-23(30-4)25-20(28)13-21(31-26(24)25)17-9-11-19(27)12-10-17/h5-15,27H,1-4H3. The zero-order chi connectivity index (χ0) is 22.1. The molecular formula is C26H24O5. The summed E-state index contributed by atoms with van der Waals surface area (Å²) in [6, 6.07) is 17.8. The largest absolute Gasteiger partial charge is 0.508 e. The normalized spacial score (nSPS) is 11.1. The van der Waals surface area contributed by atoms with Crippen LogP contribution in [0.1, 0.15) is 25.3 Å². The number of benzene rings is 3. The first-order chi connectivity index (χ1) is 14.9. The summed E-state index contributed by atoms with van der Waals surface area (Å²) in [5.41, 5.74) is 3.63. The third-order valence-corrected chi connectivity index (χ3v) is 5.39. The molecule has 0 fully saturated rings. The highest BCUT2D eigenvalue weighted by molar-refractivity contribution is 5.99. The molecule has 0 saturated heterocycles. The van der Waals surface area contributed by atoms with Gasteiger partial charge in [0.2, 0.25) is 0 Å². The Bertz CT molecular complexity index is 1280. The van der Waals surface area contributed by atoms with E-state index in [2.05, 4.69) is 26.0 Å². The molecule has 158 valence electrons. The van der Waals surface area contributed by atoms with E-state index in [9.17, 15) is 9.90 Å². The fourth-order valence-electron chi connectivity index (χ4n) is 3.68. The van der Waals surface area contributed by atoms with Crippen LogP contribution >= 0.6 is 0 Å². The van der Waals surface area contributed by atoms with Gasteiger partial charge in [0, 0.05) is 17.7 Å². The maximum Gasteiger partial charge on any atom is 0.197 e. The molecule has 0 aliphatic rings. The van der Waals surface area contributed by atoms with Crippen molar-refractivity contribution < 1.29 is 19.0 Å². The zero-order valence-corrected chi connectivity index (χ0v) is 17.9. The zero-order valence-electron chi connectivity index (χ0n) is 17.9. The predicted octanol–water partition coefficient (Wildman–Crippen LogP) is 5.97. The van der Waals surface area contributed by atoms with Gasteiger partial charge in [-0.2, -0.15) is 0 Å². The third-order valence-electron chi connectivity index (χ3n) is 5.39. The number of fused-ring (bicyclic) bond motifs is 1. The van der Waals surface area contributed by atoms with Crippen molar-refractivity contribution in [2.24, 2.45) is 0 Å². The lowest BCUT2D eigenvalue weighted by Crippen LogP contribution is -2.05. The minimum atomic E-state index is -0.219. The number of phenols is 1. The van der Waals surface area contributed by atoms with Crippen molar-refractivity contribution >= 4 is 11.0 Å². The van der Waals surface area contributed by atoms with Crippen molar-refractivity contribution in [3.63, 3.8) is 0 Å². The van der Waals surface area contributed by atoms with Gasteiger partial charge in [0.15, 0.2) is 11.0 Å². The van der Waals surface area contributed by atoms with E-state index in [0.29, 0.717) is 45.3 Å². The number of hydrogen-bond donors (Lipinski definition) is 1. The lowest BCUT2D eigenvalue weighted by molar-refractivity contribution is 0.397. The molecule has 0 bridgehead atoms. The molecule has 4 aromatic rings. The van der Waals surface area contributed by atoms with Gasteiger partial charge in [-0.15, -0.1) is 0 Å². The first-order valence-electron chi connectivity index (χ1n) is 10.1. The average molecular weight is 416 g/mol. The monoisotopic (exact) mass is 416 g/mol. The van der Waals surface area contributed by atoms with Crippen LogP contribution in [0.3, 0.4) is 0 Å². The second-order valence-electron chi connectivity index (χ2n) is 7.66. The van der Waals surface area contributed by atoms with E-state index >= 15 is 0 Å². The molecule has 1 heterocycles. The third kappa shape index (κ3) is 3.75. The van der Waals surface area contributed by atoms with Gasteiger partial charge < -0.3 is 19.0 Å². The van der Waals surface area contributed by atoms with Crippen LogP contribution < -0.4 is 14.9 Å². The summed E-state index contributed by atoms with van der Waals surface area (Å²) in [5, 5.41) is 9.95. The second kappa shape index (κ2) is 8.19. The molecule has 0 spiro atoms. The van der Waals surface area contributed by atoms with E-state index in [-0.39, 0.29) is 11.2 Å². The molecule has 5 nitrogen and oxygen atoms in total. The summed E-state index contributed by atoms with van der Waals surface area (Å²) in [4.78, 5) is 13.1.